The topological polar surface area (TPSA) is 216 Å². The van der Waals surface area contributed by atoms with Crippen LogP contribution in [-0.4, -0.2) is 145 Å². The van der Waals surface area contributed by atoms with Crippen LogP contribution < -0.4 is 31.2 Å². The number of benzene rings is 1. The monoisotopic (exact) mass is 949 g/mol. The van der Waals surface area contributed by atoms with Crippen molar-refractivity contribution in [2.45, 2.75) is 85.3 Å². The van der Waals surface area contributed by atoms with Crippen molar-refractivity contribution in [1.82, 2.24) is 40.4 Å². The van der Waals surface area contributed by atoms with Gasteiger partial charge in [-0.25, -0.2) is 19.7 Å². The number of ether oxygens (including phenoxy) is 6. The van der Waals surface area contributed by atoms with Gasteiger partial charge in [-0.15, -0.1) is 0 Å². The molecule has 3 aromatic rings. The number of nitrogens with one attached hydrogen (secondary N) is 3. The van der Waals surface area contributed by atoms with E-state index in [1.807, 2.05) is 28.8 Å². The molecule has 0 bridgehead atoms. The zero-order chi connectivity index (χ0) is 42.4. The first-order valence-electron chi connectivity index (χ1n) is 21.1. The molecule has 334 valence electrons. The Morgan fingerprint density at radius 3 is 2.43 bits per heavy atom. The SMILES string of the molecule is Nc1ncnc2c1nc(Sc1cc3c(cc1Br)OCO3)n2CCC1CCN(C(=O)CCOCCOCCOCCOCCNC(=O)CCCCC2SCC3NC(=O)NC32)CC1. The van der Waals surface area contributed by atoms with Gasteiger partial charge >= 0.3 is 6.03 Å². The average Bonchev–Trinajstić information content (AvgIpc) is 4.04. The predicted octanol–water partition coefficient (Wildman–Crippen LogP) is 3.98. The van der Waals surface area contributed by atoms with Gasteiger partial charge in [0.25, 0.3) is 0 Å². The number of rotatable bonds is 25. The summed E-state index contributed by atoms with van der Waals surface area (Å²) in [6.07, 6.45) is 7.89. The minimum Gasteiger partial charge on any atom is -0.454 e. The Kier molecular flexibility index (Phi) is 17.3. The van der Waals surface area contributed by atoms with Crippen molar-refractivity contribution in [3.63, 3.8) is 0 Å². The molecule has 18 nitrogen and oxygen atoms in total. The van der Waals surface area contributed by atoms with Crippen LogP contribution in [0.5, 0.6) is 11.5 Å². The lowest BCUT2D eigenvalue weighted by Gasteiger charge is -2.32. The van der Waals surface area contributed by atoms with Gasteiger partial charge in [-0.05, 0) is 66.1 Å². The third-order valence-corrected chi connectivity index (χ3v) is 14.6. The summed E-state index contributed by atoms with van der Waals surface area (Å²) >= 11 is 7.06. The number of nitrogens with zero attached hydrogens (tertiary/aromatic N) is 5. The van der Waals surface area contributed by atoms with Crippen LogP contribution in [-0.2, 0) is 35.1 Å². The molecule has 4 aliphatic heterocycles. The summed E-state index contributed by atoms with van der Waals surface area (Å²) in [5.74, 6) is 3.30. The lowest BCUT2D eigenvalue weighted by Crippen LogP contribution is -2.39. The molecule has 3 atom stereocenters. The number of amides is 4. The molecule has 3 saturated heterocycles. The van der Waals surface area contributed by atoms with E-state index < -0.39 is 0 Å². The third-order valence-electron chi connectivity index (χ3n) is 11.1. The molecule has 21 heteroatoms. The average molecular weight is 951 g/mol. The van der Waals surface area contributed by atoms with E-state index in [-0.39, 0.29) is 36.7 Å². The summed E-state index contributed by atoms with van der Waals surface area (Å²) in [5, 5.41) is 10.1. The zero-order valence-electron chi connectivity index (χ0n) is 34.3. The molecule has 0 saturated carbocycles. The number of fused-ring (bicyclic) bond motifs is 3. The summed E-state index contributed by atoms with van der Waals surface area (Å²) in [4.78, 5) is 52.9. The molecular formula is C40H56BrN9O9S2. The van der Waals surface area contributed by atoms with E-state index in [9.17, 15) is 14.4 Å². The van der Waals surface area contributed by atoms with E-state index in [1.165, 1.54) is 18.1 Å². The lowest BCUT2D eigenvalue weighted by molar-refractivity contribution is -0.134. The van der Waals surface area contributed by atoms with Crippen molar-refractivity contribution in [3.05, 3.63) is 22.9 Å². The lowest BCUT2D eigenvalue weighted by atomic mass is 9.93. The fourth-order valence-corrected chi connectivity index (χ4v) is 10.8. The van der Waals surface area contributed by atoms with Crippen LogP contribution in [0.3, 0.4) is 0 Å². The molecule has 4 amide bonds. The number of hydrogen-bond donors (Lipinski definition) is 4. The van der Waals surface area contributed by atoms with Gasteiger partial charge in [0.05, 0.1) is 71.4 Å². The van der Waals surface area contributed by atoms with E-state index >= 15 is 0 Å². The van der Waals surface area contributed by atoms with E-state index in [4.69, 9.17) is 39.1 Å². The summed E-state index contributed by atoms with van der Waals surface area (Å²) in [5.41, 5.74) is 7.47. The molecule has 2 aromatic heterocycles. The van der Waals surface area contributed by atoms with E-state index in [2.05, 4.69) is 46.4 Å². The maximum atomic E-state index is 12.9. The number of aromatic nitrogens is 4. The van der Waals surface area contributed by atoms with Crippen molar-refractivity contribution in [2.75, 3.05) is 90.8 Å². The van der Waals surface area contributed by atoms with Crippen molar-refractivity contribution in [1.29, 1.82) is 0 Å². The molecular weight excluding hydrogens is 895 g/mol. The van der Waals surface area contributed by atoms with Crippen LogP contribution >= 0.6 is 39.5 Å². The number of hydrogen-bond acceptors (Lipinski definition) is 15. The van der Waals surface area contributed by atoms with Crippen LogP contribution in [0.4, 0.5) is 10.6 Å². The summed E-state index contributed by atoms with van der Waals surface area (Å²) in [7, 11) is 0. The highest BCUT2D eigenvalue weighted by Gasteiger charge is 2.42. The number of halogens is 1. The van der Waals surface area contributed by atoms with Gasteiger partial charge in [0.1, 0.15) is 6.33 Å². The van der Waals surface area contributed by atoms with Crippen molar-refractivity contribution < 1.29 is 42.8 Å². The third kappa shape index (κ3) is 13.0. The number of imidazole rings is 1. The number of nitrogens with two attached hydrogens (primary N) is 1. The first kappa shape index (κ1) is 45.4. The molecule has 3 fully saturated rings. The second kappa shape index (κ2) is 23.2. The fraction of sp³-hybridized carbons (Fsp3) is 0.650. The van der Waals surface area contributed by atoms with Gasteiger partial charge in [0.15, 0.2) is 33.6 Å². The second-order valence-electron chi connectivity index (χ2n) is 15.2. The molecule has 7 rings (SSSR count). The van der Waals surface area contributed by atoms with Crippen molar-refractivity contribution in [3.8, 4) is 11.5 Å². The van der Waals surface area contributed by atoms with Gasteiger partial charge in [-0.3, -0.25) is 9.59 Å². The number of urea groups is 1. The summed E-state index contributed by atoms with van der Waals surface area (Å²) in [6.45, 7) is 6.22. The number of carbonyl (C=O) groups is 3. The zero-order valence-corrected chi connectivity index (χ0v) is 37.5. The summed E-state index contributed by atoms with van der Waals surface area (Å²) < 4.78 is 36.4. The Labute approximate surface area is 372 Å². The predicted molar refractivity (Wildman–Crippen MR) is 233 cm³/mol. The highest BCUT2D eigenvalue weighted by Crippen LogP contribution is 2.43. The number of thioether (sulfide) groups is 1. The maximum Gasteiger partial charge on any atom is 0.315 e. The largest absolute Gasteiger partial charge is 0.454 e. The molecule has 1 aromatic carbocycles. The van der Waals surface area contributed by atoms with E-state index in [0.717, 1.165) is 71.9 Å². The minimum absolute atomic E-state index is 0.0337. The molecule has 0 radical (unpaired) electrons. The standard InChI is InChI=1S/C40H56BrN9O9S2/c41-27-21-29-30(59-25-58-29)22-32(27)61-40-48-36-37(42)44-24-45-38(36)50(40)12-7-26-5-10-49(11-6-26)34(52)8-13-54-15-17-56-19-20-57-18-16-55-14-9-43-33(51)4-2-1-3-31-35-28(23-60-31)46-39(53)47-35/h21-22,24,26,28,31,35H,1-20,23,25H2,(H,43,51)(H2,42,44,45)(H2,46,47,53). The quantitative estimate of drug-likeness (QED) is 0.0699. The highest BCUT2D eigenvalue weighted by molar-refractivity contribution is 9.10. The Bertz CT molecular complexity index is 1940. The molecule has 0 aliphatic carbocycles. The Hall–Kier alpha value is -3.60. The number of unbranched alkanes of at least 4 members (excludes halogenated alkanes) is 1. The maximum absolute atomic E-state index is 12.9. The number of aryl methyl sites for hydroxylation is 1. The van der Waals surface area contributed by atoms with Crippen LogP contribution in [0, 0.1) is 5.92 Å². The molecule has 3 unspecified atom stereocenters. The highest BCUT2D eigenvalue weighted by atomic mass is 79.9. The van der Waals surface area contributed by atoms with E-state index in [1.54, 1.807) is 0 Å². The van der Waals surface area contributed by atoms with Gasteiger partial charge in [-0.1, -0.05) is 18.2 Å². The molecule has 61 heavy (non-hydrogen) atoms. The van der Waals surface area contributed by atoms with Crippen molar-refractivity contribution in [2.24, 2.45) is 5.92 Å². The molecule has 0 spiro atoms. The van der Waals surface area contributed by atoms with Crippen LogP contribution in [0.25, 0.3) is 11.2 Å². The van der Waals surface area contributed by atoms with Gasteiger partial charge in [0, 0.05) is 53.0 Å². The van der Waals surface area contributed by atoms with Crippen molar-refractivity contribution >= 4 is 74.3 Å². The number of likely N-dealkylation sites (tertiary alicyclic amines) is 1. The molecule has 6 heterocycles. The first-order valence-corrected chi connectivity index (χ1v) is 23.8. The molecule has 4 aliphatic rings. The Morgan fingerprint density at radius 1 is 0.934 bits per heavy atom. The smallest absolute Gasteiger partial charge is 0.315 e. The minimum atomic E-state index is -0.0656. The number of nitrogen functional groups attached to an aromatic ring is 1. The van der Waals surface area contributed by atoms with Crippen LogP contribution in [0.1, 0.15) is 51.4 Å². The number of piperidine rings is 1. The number of anilines is 1. The van der Waals surface area contributed by atoms with E-state index in [0.29, 0.717) is 118 Å². The summed E-state index contributed by atoms with van der Waals surface area (Å²) in [6, 6.07) is 4.23. The van der Waals surface area contributed by atoms with Gasteiger partial charge in [-0.2, -0.15) is 11.8 Å². The van der Waals surface area contributed by atoms with Gasteiger partial charge < -0.3 is 59.6 Å². The Balaban J connectivity index is 0.667. The van der Waals surface area contributed by atoms with Gasteiger partial charge in [0.2, 0.25) is 18.6 Å². The first-order chi connectivity index (χ1) is 29.8. The second-order valence-corrected chi connectivity index (χ2v) is 18.4. The normalized spacial score (nSPS) is 19.7. The fourth-order valence-electron chi connectivity index (χ4n) is 7.78. The van der Waals surface area contributed by atoms with Crippen LogP contribution in [0.15, 0.2) is 33.0 Å². The molecule has 5 N–H and O–H groups in total. The van der Waals surface area contributed by atoms with Crippen LogP contribution in [0.2, 0.25) is 0 Å². The Morgan fingerprint density at radius 2 is 1.66 bits per heavy atom. The number of carbonyl (C=O) groups excluding carboxylic acids is 3.